The fourth-order valence-corrected chi connectivity index (χ4v) is 2.58. The Morgan fingerprint density at radius 2 is 2.15 bits per heavy atom. The third-order valence-electron chi connectivity index (χ3n) is 3.94. The van der Waals surface area contributed by atoms with Crippen LogP contribution in [0, 0.1) is 0 Å². The standard InChI is InChI=1S/C15H22F3N5O3/c1-22(2)14-20-11(15(16,17)18)6-12(21-14)19-9-4-5-23(7-10(9)24)13(25)8-26-3/h6,9-10,24H,4-5,7-8H2,1-3H3,(H,19,20,21)/t9-,10-/m1/s1. The van der Waals surface area contributed by atoms with Crippen molar-refractivity contribution in [2.24, 2.45) is 0 Å². The number of nitrogens with one attached hydrogen (secondary N) is 1. The number of hydrogen-bond acceptors (Lipinski definition) is 7. The Morgan fingerprint density at radius 3 is 2.69 bits per heavy atom. The highest BCUT2D eigenvalue weighted by atomic mass is 19.4. The van der Waals surface area contributed by atoms with Crippen molar-refractivity contribution in [3.05, 3.63) is 11.8 Å². The number of anilines is 2. The van der Waals surface area contributed by atoms with Crippen molar-refractivity contribution in [2.75, 3.05) is 51.1 Å². The number of hydrogen-bond donors (Lipinski definition) is 2. The van der Waals surface area contributed by atoms with Gasteiger partial charge in [-0.1, -0.05) is 0 Å². The molecule has 0 spiro atoms. The summed E-state index contributed by atoms with van der Waals surface area (Å²) in [5, 5.41) is 13.1. The molecular weight excluding hydrogens is 355 g/mol. The highest BCUT2D eigenvalue weighted by molar-refractivity contribution is 5.77. The van der Waals surface area contributed by atoms with E-state index in [4.69, 9.17) is 4.74 Å². The summed E-state index contributed by atoms with van der Waals surface area (Å²) in [5.41, 5.74) is -1.07. The largest absolute Gasteiger partial charge is 0.433 e. The average Bonchev–Trinajstić information content (AvgIpc) is 2.55. The van der Waals surface area contributed by atoms with Crippen LogP contribution in [0.3, 0.4) is 0 Å². The van der Waals surface area contributed by atoms with Crippen LogP contribution in [0.5, 0.6) is 0 Å². The van der Waals surface area contributed by atoms with Gasteiger partial charge in [-0.05, 0) is 6.42 Å². The molecule has 1 aromatic heterocycles. The second kappa shape index (κ2) is 8.04. The monoisotopic (exact) mass is 377 g/mol. The molecule has 0 aliphatic carbocycles. The van der Waals surface area contributed by atoms with Crippen molar-refractivity contribution in [1.29, 1.82) is 0 Å². The molecule has 26 heavy (non-hydrogen) atoms. The molecule has 2 heterocycles. The second-order valence-corrected chi connectivity index (χ2v) is 6.21. The lowest BCUT2D eigenvalue weighted by atomic mass is 10.0. The van der Waals surface area contributed by atoms with Crippen LogP contribution in [0.1, 0.15) is 12.1 Å². The fourth-order valence-electron chi connectivity index (χ4n) is 2.58. The average molecular weight is 377 g/mol. The third kappa shape index (κ3) is 4.94. The molecule has 0 unspecified atom stereocenters. The maximum absolute atomic E-state index is 13.0. The molecule has 1 aromatic rings. The summed E-state index contributed by atoms with van der Waals surface area (Å²) >= 11 is 0. The maximum atomic E-state index is 13.0. The lowest BCUT2D eigenvalue weighted by Gasteiger charge is -2.36. The molecule has 2 N–H and O–H groups in total. The van der Waals surface area contributed by atoms with Crippen molar-refractivity contribution in [1.82, 2.24) is 14.9 Å². The Morgan fingerprint density at radius 1 is 1.46 bits per heavy atom. The van der Waals surface area contributed by atoms with Crippen LogP contribution >= 0.6 is 0 Å². The van der Waals surface area contributed by atoms with Gasteiger partial charge in [0.2, 0.25) is 11.9 Å². The molecule has 1 amide bonds. The molecule has 1 aliphatic rings. The van der Waals surface area contributed by atoms with E-state index in [0.29, 0.717) is 13.0 Å². The molecule has 2 atom stereocenters. The number of alkyl halides is 3. The summed E-state index contributed by atoms with van der Waals surface area (Å²) in [7, 11) is 4.47. The molecule has 2 rings (SSSR count). The van der Waals surface area contributed by atoms with E-state index in [2.05, 4.69) is 15.3 Å². The molecule has 0 bridgehead atoms. The van der Waals surface area contributed by atoms with E-state index in [9.17, 15) is 23.1 Å². The highest BCUT2D eigenvalue weighted by Crippen LogP contribution is 2.30. The summed E-state index contributed by atoms with van der Waals surface area (Å²) in [5.74, 6) is -0.373. The Kier molecular flexibility index (Phi) is 6.24. The molecular formula is C15H22F3N5O3. The van der Waals surface area contributed by atoms with Crippen molar-refractivity contribution in [3.8, 4) is 0 Å². The van der Waals surface area contributed by atoms with Crippen LogP contribution < -0.4 is 10.2 Å². The van der Waals surface area contributed by atoms with Crippen molar-refractivity contribution in [2.45, 2.75) is 24.7 Å². The van der Waals surface area contributed by atoms with E-state index >= 15 is 0 Å². The van der Waals surface area contributed by atoms with Gasteiger partial charge in [-0.3, -0.25) is 4.79 Å². The van der Waals surface area contributed by atoms with Crippen LogP contribution in [0.25, 0.3) is 0 Å². The van der Waals surface area contributed by atoms with E-state index in [1.165, 1.54) is 31.0 Å². The number of aromatic nitrogens is 2. The number of piperidine rings is 1. The summed E-state index contributed by atoms with van der Waals surface area (Å²) in [6.07, 6.45) is -5.20. The Balaban J connectivity index is 2.13. The van der Waals surface area contributed by atoms with Gasteiger partial charge in [0.15, 0.2) is 5.69 Å². The van der Waals surface area contributed by atoms with Crippen LogP contribution in [0.2, 0.25) is 0 Å². The smallest absolute Gasteiger partial charge is 0.389 e. The number of rotatable bonds is 5. The van der Waals surface area contributed by atoms with Gasteiger partial charge in [-0.2, -0.15) is 18.2 Å². The molecule has 0 saturated carbocycles. The molecule has 1 fully saturated rings. The van der Waals surface area contributed by atoms with Crippen molar-refractivity contribution >= 4 is 17.7 Å². The van der Waals surface area contributed by atoms with Crippen LogP contribution in [-0.2, 0) is 15.7 Å². The molecule has 0 radical (unpaired) electrons. The number of aliphatic hydroxyl groups is 1. The first-order valence-corrected chi connectivity index (χ1v) is 7.96. The highest BCUT2D eigenvalue weighted by Gasteiger charge is 2.35. The lowest BCUT2D eigenvalue weighted by molar-refractivity contribution is -0.141. The first-order valence-electron chi connectivity index (χ1n) is 7.96. The third-order valence-corrected chi connectivity index (χ3v) is 3.94. The number of amides is 1. The normalized spacial score (nSPS) is 20.8. The molecule has 146 valence electrons. The van der Waals surface area contributed by atoms with Gasteiger partial charge in [-0.25, -0.2) is 4.98 Å². The first kappa shape index (κ1) is 20.2. The maximum Gasteiger partial charge on any atom is 0.433 e. The number of carbonyl (C=O) groups excluding carboxylic acids is 1. The first-order chi connectivity index (χ1) is 12.1. The fraction of sp³-hybridized carbons (Fsp3) is 0.667. The van der Waals surface area contributed by atoms with Crippen molar-refractivity contribution < 1.29 is 27.8 Å². The van der Waals surface area contributed by atoms with Crippen LogP contribution in [-0.4, -0.2) is 78.9 Å². The quantitative estimate of drug-likeness (QED) is 0.776. The number of likely N-dealkylation sites (tertiary alicyclic amines) is 1. The Hall–Kier alpha value is -2.14. The summed E-state index contributed by atoms with van der Waals surface area (Å²) < 4.78 is 43.9. The zero-order valence-electron chi connectivity index (χ0n) is 14.7. The van der Waals surface area contributed by atoms with Gasteiger partial charge in [-0.15, -0.1) is 0 Å². The summed E-state index contributed by atoms with van der Waals surface area (Å²) in [6.45, 7) is 0.337. The minimum atomic E-state index is -4.61. The second-order valence-electron chi connectivity index (χ2n) is 6.21. The minimum absolute atomic E-state index is 0.0308. The number of halogens is 3. The number of nitrogens with zero attached hydrogens (tertiary/aromatic N) is 4. The van der Waals surface area contributed by atoms with Gasteiger partial charge in [0, 0.05) is 40.4 Å². The van der Waals surface area contributed by atoms with E-state index in [1.807, 2.05) is 0 Å². The SMILES string of the molecule is COCC(=O)N1CC[C@@H](Nc2cc(C(F)(F)F)nc(N(C)C)n2)[C@H](O)C1. The number of carbonyl (C=O) groups is 1. The minimum Gasteiger partial charge on any atom is -0.389 e. The molecule has 11 heteroatoms. The lowest BCUT2D eigenvalue weighted by Crippen LogP contribution is -2.52. The van der Waals surface area contributed by atoms with Gasteiger partial charge in [0.1, 0.15) is 12.4 Å². The number of ether oxygens (including phenoxy) is 1. The Bertz CT molecular complexity index is 641. The van der Waals surface area contributed by atoms with Gasteiger partial charge < -0.3 is 25.0 Å². The molecule has 8 nitrogen and oxygen atoms in total. The van der Waals surface area contributed by atoms with Crippen LogP contribution in [0.15, 0.2) is 6.07 Å². The molecule has 0 aromatic carbocycles. The number of aliphatic hydroxyl groups excluding tert-OH is 1. The summed E-state index contributed by atoms with van der Waals surface area (Å²) in [4.78, 5) is 22.2. The van der Waals surface area contributed by atoms with E-state index in [-0.39, 0.29) is 30.8 Å². The van der Waals surface area contributed by atoms with Gasteiger partial charge in [0.25, 0.3) is 0 Å². The van der Waals surface area contributed by atoms with Crippen LogP contribution in [0.4, 0.5) is 24.9 Å². The number of methoxy groups -OCH3 is 1. The van der Waals surface area contributed by atoms with E-state index in [0.717, 1.165) is 6.07 Å². The molecule has 1 saturated heterocycles. The molecule has 1 aliphatic heterocycles. The van der Waals surface area contributed by atoms with E-state index < -0.39 is 24.0 Å². The predicted octanol–water partition coefficient (Wildman–Crippen LogP) is 0.581. The van der Waals surface area contributed by atoms with Gasteiger partial charge >= 0.3 is 6.18 Å². The zero-order valence-corrected chi connectivity index (χ0v) is 14.7. The topological polar surface area (TPSA) is 90.8 Å². The van der Waals surface area contributed by atoms with Crippen molar-refractivity contribution in [3.63, 3.8) is 0 Å². The summed E-state index contributed by atoms with van der Waals surface area (Å²) in [6, 6.07) is 0.273. The van der Waals surface area contributed by atoms with E-state index in [1.54, 1.807) is 0 Å². The predicted molar refractivity (Wildman–Crippen MR) is 87.9 cm³/mol. The number of β-amino-alcohol motifs (C(OH)–C–C–N with tert-alkyl or cyclic N) is 1. The zero-order chi connectivity index (χ0) is 19.5. The Labute approximate surface area is 149 Å². The van der Waals surface area contributed by atoms with Gasteiger partial charge in [0.05, 0.1) is 12.1 Å².